The van der Waals surface area contributed by atoms with Crippen LogP contribution in [0.2, 0.25) is 0 Å². The minimum absolute atomic E-state index is 0.215. The molecule has 4 N–H and O–H groups in total. The van der Waals surface area contributed by atoms with Crippen molar-refractivity contribution in [3.05, 3.63) is 12.2 Å². The Balaban J connectivity index is 3.68. The van der Waals surface area contributed by atoms with E-state index in [1.165, 1.54) is 6.08 Å². The van der Waals surface area contributed by atoms with Crippen molar-refractivity contribution in [2.24, 2.45) is 0 Å². The van der Waals surface area contributed by atoms with Gasteiger partial charge in [0.1, 0.15) is 0 Å². The van der Waals surface area contributed by atoms with Gasteiger partial charge in [-0.1, -0.05) is 64.0 Å². The van der Waals surface area contributed by atoms with E-state index >= 15 is 0 Å². The lowest BCUT2D eigenvalue weighted by atomic mass is 10.0. The van der Waals surface area contributed by atoms with Gasteiger partial charge in [0.05, 0.1) is 18.3 Å². The van der Waals surface area contributed by atoms with Crippen molar-refractivity contribution in [2.75, 3.05) is 0 Å². The number of hydrogen-bond acceptors (Lipinski definition) is 4. The number of carbonyl (C=O) groups is 1. The molecule has 136 valence electrons. The van der Waals surface area contributed by atoms with Crippen molar-refractivity contribution in [2.45, 2.75) is 95.9 Å². The summed E-state index contributed by atoms with van der Waals surface area (Å²) >= 11 is 0. The maximum absolute atomic E-state index is 10.4. The molecule has 0 radical (unpaired) electrons. The molecule has 23 heavy (non-hydrogen) atoms. The Hall–Kier alpha value is -0.910. The number of aliphatic hydroxyl groups is 3. The van der Waals surface area contributed by atoms with Crippen LogP contribution in [-0.4, -0.2) is 44.7 Å². The number of aliphatic carboxylic acids is 1. The number of carboxylic acids is 1. The summed E-state index contributed by atoms with van der Waals surface area (Å²) in [5, 5.41) is 37.9. The minimum atomic E-state index is -0.942. The second-order valence-electron chi connectivity index (χ2n) is 6.21. The number of unbranched alkanes of at least 4 members (excludes halogenated alkanes) is 6. The number of hydrogen-bond donors (Lipinski definition) is 4. The van der Waals surface area contributed by atoms with Crippen LogP contribution in [0.25, 0.3) is 0 Å². The summed E-state index contributed by atoms with van der Waals surface area (Å²) in [6, 6.07) is 0. The molecule has 0 spiro atoms. The Labute approximate surface area is 140 Å². The standard InChI is InChI=1S/C18H34O5/c1-2-3-7-10-15(19)13-14-17(21)16(20)11-8-5-4-6-9-12-18(22)23/h13-17,19-21H,2-12H2,1H3,(H,22,23)/b14-13+/t15-,16-,17-/m1/s1. The van der Waals surface area contributed by atoms with Crippen molar-refractivity contribution >= 4 is 5.97 Å². The minimum Gasteiger partial charge on any atom is -0.481 e. The molecular formula is C18H34O5. The first-order valence-corrected chi connectivity index (χ1v) is 8.91. The van der Waals surface area contributed by atoms with E-state index in [1.807, 2.05) is 0 Å². The first kappa shape index (κ1) is 22.1. The molecule has 0 rings (SSSR count). The van der Waals surface area contributed by atoms with Crippen molar-refractivity contribution in [3.63, 3.8) is 0 Å². The molecule has 3 atom stereocenters. The summed E-state index contributed by atoms with van der Waals surface area (Å²) < 4.78 is 0. The Morgan fingerprint density at radius 3 is 2.13 bits per heavy atom. The Bertz CT molecular complexity index is 317. The van der Waals surface area contributed by atoms with Crippen molar-refractivity contribution in [3.8, 4) is 0 Å². The van der Waals surface area contributed by atoms with Gasteiger partial charge in [-0.3, -0.25) is 4.79 Å². The predicted molar refractivity (Wildman–Crippen MR) is 91.3 cm³/mol. The molecule has 0 amide bonds. The van der Waals surface area contributed by atoms with Gasteiger partial charge in [-0.2, -0.15) is 0 Å². The molecule has 0 aromatic carbocycles. The molecule has 0 aliphatic heterocycles. The van der Waals surface area contributed by atoms with E-state index in [2.05, 4.69) is 6.92 Å². The lowest BCUT2D eigenvalue weighted by Crippen LogP contribution is -2.24. The summed E-state index contributed by atoms with van der Waals surface area (Å²) in [5.41, 5.74) is 0. The summed E-state index contributed by atoms with van der Waals surface area (Å²) in [7, 11) is 0. The van der Waals surface area contributed by atoms with Gasteiger partial charge in [0.25, 0.3) is 0 Å². The Kier molecular flexibility index (Phi) is 14.1. The van der Waals surface area contributed by atoms with Gasteiger partial charge in [0.2, 0.25) is 0 Å². The van der Waals surface area contributed by atoms with Crippen molar-refractivity contribution in [1.29, 1.82) is 0 Å². The van der Waals surface area contributed by atoms with Crippen LogP contribution < -0.4 is 0 Å². The van der Waals surface area contributed by atoms with E-state index in [0.29, 0.717) is 19.3 Å². The molecule has 0 saturated carbocycles. The van der Waals surface area contributed by atoms with Crippen LogP contribution in [0.4, 0.5) is 0 Å². The smallest absolute Gasteiger partial charge is 0.303 e. The SMILES string of the molecule is CCCCC[C@@H](O)/C=C/[C@@H](O)[C@H](O)CCCCCCCC(=O)O. The van der Waals surface area contributed by atoms with Crippen molar-refractivity contribution < 1.29 is 25.2 Å². The number of aliphatic hydroxyl groups excluding tert-OH is 3. The molecule has 0 aromatic rings. The van der Waals surface area contributed by atoms with Crippen LogP contribution in [-0.2, 0) is 4.79 Å². The quantitative estimate of drug-likeness (QED) is 0.273. The van der Waals surface area contributed by atoms with Gasteiger partial charge < -0.3 is 20.4 Å². The first-order chi connectivity index (χ1) is 11.0. The van der Waals surface area contributed by atoms with Gasteiger partial charge in [0.15, 0.2) is 0 Å². The molecule has 0 aliphatic rings. The fraction of sp³-hybridized carbons (Fsp3) is 0.833. The Morgan fingerprint density at radius 2 is 1.48 bits per heavy atom. The van der Waals surface area contributed by atoms with E-state index in [1.54, 1.807) is 6.08 Å². The zero-order valence-corrected chi connectivity index (χ0v) is 14.4. The van der Waals surface area contributed by atoms with Crippen LogP contribution in [0.3, 0.4) is 0 Å². The second-order valence-corrected chi connectivity index (χ2v) is 6.21. The average Bonchev–Trinajstić information content (AvgIpc) is 2.51. The summed E-state index contributed by atoms with van der Waals surface area (Å²) in [4.78, 5) is 10.4. The molecule has 5 nitrogen and oxygen atoms in total. The van der Waals surface area contributed by atoms with Crippen LogP contribution in [0.1, 0.15) is 77.6 Å². The highest BCUT2D eigenvalue weighted by Crippen LogP contribution is 2.12. The summed E-state index contributed by atoms with van der Waals surface area (Å²) in [6.07, 6.45) is 9.55. The van der Waals surface area contributed by atoms with Gasteiger partial charge in [0, 0.05) is 6.42 Å². The molecular weight excluding hydrogens is 296 g/mol. The van der Waals surface area contributed by atoms with E-state index < -0.39 is 24.3 Å². The van der Waals surface area contributed by atoms with Gasteiger partial charge in [-0.25, -0.2) is 0 Å². The molecule has 0 aromatic heterocycles. The lowest BCUT2D eigenvalue weighted by molar-refractivity contribution is -0.137. The third-order valence-electron chi connectivity index (χ3n) is 3.92. The first-order valence-electron chi connectivity index (χ1n) is 8.91. The zero-order chi connectivity index (χ0) is 17.5. The van der Waals surface area contributed by atoms with Crippen LogP contribution in [0.15, 0.2) is 12.2 Å². The van der Waals surface area contributed by atoms with E-state index in [0.717, 1.165) is 44.9 Å². The van der Waals surface area contributed by atoms with E-state index in [4.69, 9.17) is 5.11 Å². The molecule has 0 bridgehead atoms. The fourth-order valence-corrected chi connectivity index (χ4v) is 2.40. The third kappa shape index (κ3) is 14.4. The van der Waals surface area contributed by atoms with Gasteiger partial charge >= 0.3 is 5.97 Å². The van der Waals surface area contributed by atoms with Crippen LogP contribution in [0, 0.1) is 0 Å². The van der Waals surface area contributed by atoms with Crippen molar-refractivity contribution in [1.82, 2.24) is 0 Å². The van der Waals surface area contributed by atoms with E-state index in [9.17, 15) is 20.1 Å². The molecule has 5 heteroatoms. The summed E-state index contributed by atoms with van der Waals surface area (Å²) in [5.74, 6) is -0.757. The number of carboxylic acid groups (broad SMARTS) is 1. The molecule has 0 saturated heterocycles. The van der Waals surface area contributed by atoms with Gasteiger partial charge in [-0.05, 0) is 19.3 Å². The molecule has 0 heterocycles. The van der Waals surface area contributed by atoms with Crippen LogP contribution in [0.5, 0.6) is 0 Å². The maximum Gasteiger partial charge on any atom is 0.303 e. The number of rotatable bonds is 15. The highest BCUT2D eigenvalue weighted by molar-refractivity contribution is 5.66. The third-order valence-corrected chi connectivity index (χ3v) is 3.92. The Morgan fingerprint density at radius 1 is 0.870 bits per heavy atom. The monoisotopic (exact) mass is 330 g/mol. The highest BCUT2D eigenvalue weighted by Gasteiger charge is 2.13. The zero-order valence-electron chi connectivity index (χ0n) is 14.4. The second kappa shape index (κ2) is 14.7. The predicted octanol–water partition coefficient (Wildman–Crippen LogP) is 3.02. The topological polar surface area (TPSA) is 98.0 Å². The summed E-state index contributed by atoms with van der Waals surface area (Å²) in [6.45, 7) is 2.11. The molecule has 0 unspecified atom stereocenters. The van der Waals surface area contributed by atoms with Gasteiger partial charge in [-0.15, -0.1) is 0 Å². The highest BCUT2D eigenvalue weighted by atomic mass is 16.4. The molecule has 0 fully saturated rings. The molecule has 0 aliphatic carbocycles. The van der Waals surface area contributed by atoms with Crippen LogP contribution >= 0.6 is 0 Å². The average molecular weight is 330 g/mol. The normalized spacial score (nSPS) is 15.7. The fourth-order valence-electron chi connectivity index (χ4n) is 2.40. The van der Waals surface area contributed by atoms with E-state index in [-0.39, 0.29) is 6.42 Å². The lowest BCUT2D eigenvalue weighted by Gasteiger charge is -2.15. The maximum atomic E-state index is 10.4. The largest absolute Gasteiger partial charge is 0.481 e.